The maximum absolute atomic E-state index is 12.3. The minimum atomic E-state index is -0.581. The molecular weight excluding hydrogens is 432 g/mol. The monoisotopic (exact) mass is 454 g/mol. The van der Waals surface area contributed by atoms with Gasteiger partial charge in [-0.1, -0.05) is 12.1 Å². The Bertz CT molecular complexity index is 1240. The van der Waals surface area contributed by atoms with E-state index in [2.05, 4.69) is 9.97 Å². The Morgan fingerprint density at radius 3 is 2.79 bits per heavy atom. The van der Waals surface area contributed by atoms with Crippen LogP contribution in [0.5, 0.6) is 5.75 Å². The van der Waals surface area contributed by atoms with Crippen LogP contribution in [0.25, 0.3) is 11.1 Å². The summed E-state index contributed by atoms with van der Waals surface area (Å²) in [6.07, 6.45) is -0.0370. The fourth-order valence-corrected chi connectivity index (χ4v) is 3.52. The van der Waals surface area contributed by atoms with Gasteiger partial charge >= 0.3 is 11.9 Å². The lowest BCUT2D eigenvalue weighted by Gasteiger charge is -2.28. The fourth-order valence-electron chi connectivity index (χ4n) is 3.52. The lowest BCUT2D eigenvalue weighted by Crippen LogP contribution is -2.40. The van der Waals surface area contributed by atoms with E-state index in [4.69, 9.17) is 24.4 Å². The molecule has 0 unspecified atom stereocenters. The smallest absolute Gasteiger partial charge is 0.342 e. The molecule has 0 radical (unpaired) electrons. The lowest BCUT2D eigenvalue weighted by molar-refractivity contribution is -0.145. The van der Waals surface area contributed by atoms with Crippen LogP contribution in [-0.4, -0.2) is 47.6 Å². The number of anilines is 2. The summed E-state index contributed by atoms with van der Waals surface area (Å²) < 4.78 is 21.2. The number of nitrogen functional groups attached to an aromatic ring is 1. The summed E-state index contributed by atoms with van der Waals surface area (Å²) in [6.45, 7) is 3.28. The normalized spacial score (nSPS) is 12.9. The molecule has 1 aliphatic rings. The van der Waals surface area contributed by atoms with Gasteiger partial charge in [0.05, 0.1) is 24.1 Å². The maximum Gasteiger partial charge on any atom is 0.342 e. The summed E-state index contributed by atoms with van der Waals surface area (Å²) in [4.78, 5) is 46.5. The Hall–Kier alpha value is -4.15. The third kappa shape index (κ3) is 4.43. The largest absolute Gasteiger partial charge is 0.482 e. The standard InChI is InChI=1S/C22H22N4O7/c1-3-30-22(29)18-12(2)33-21-19(18)20(23)24-15(25-21)10-32-17(28)8-9-26-13-6-4-5-7-14(13)31-11-16(26)27/h4-7H,3,8-11H2,1-2H3,(H2,23,24,25). The van der Waals surface area contributed by atoms with Crippen molar-refractivity contribution < 1.29 is 33.0 Å². The number of furan rings is 1. The number of nitrogens with zero attached hydrogens (tertiary/aromatic N) is 3. The van der Waals surface area contributed by atoms with Crippen LogP contribution in [0.2, 0.25) is 0 Å². The van der Waals surface area contributed by atoms with Crippen LogP contribution in [0.4, 0.5) is 11.5 Å². The molecule has 1 aromatic carbocycles. The zero-order valence-electron chi connectivity index (χ0n) is 18.1. The highest BCUT2D eigenvalue weighted by molar-refractivity contribution is 6.07. The highest BCUT2D eigenvalue weighted by Crippen LogP contribution is 2.32. The van der Waals surface area contributed by atoms with Crippen molar-refractivity contribution in [2.45, 2.75) is 26.9 Å². The summed E-state index contributed by atoms with van der Waals surface area (Å²) in [7, 11) is 0. The zero-order chi connectivity index (χ0) is 23.5. The minimum absolute atomic E-state index is 0.0153. The van der Waals surface area contributed by atoms with Gasteiger partial charge in [0.15, 0.2) is 19.0 Å². The molecule has 3 aromatic rings. The van der Waals surface area contributed by atoms with Gasteiger partial charge in [0.1, 0.15) is 22.9 Å². The number of carbonyl (C=O) groups excluding carboxylic acids is 3. The van der Waals surface area contributed by atoms with E-state index >= 15 is 0 Å². The van der Waals surface area contributed by atoms with Gasteiger partial charge in [-0.05, 0) is 26.0 Å². The molecule has 0 saturated heterocycles. The molecule has 0 bridgehead atoms. The van der Waals surface area contributed by atoms with Crippen LogP contribution in [0.15, 0.2) is 28.7 Å². The number of ether oxygens (including phenoxy) is 3. The van der Waals surface area contributed by atoms with E-state index in [-0.39, 0.29) is 67.0 Å². The Morgan fingerprint density at radius 2 is 2.00 bits per heavy atom. The van der Waals surface area contributed by atoms with Crippen LogP contribution in [-0.2, 0) is 25.7 Å². The van der Waals surface area contributed by atoms with E-state index in [1.54, 1.807) is 38.1 Å². The first-order valence-corrected chi connectivity index (χ1v) is 10.3. The number of aromatic nitrogens is 2. The quantitative estimate of drug-likeness (QED) is 0.527. The number of aryl methyl sites for hydroxylation is 1. The third-order valence-electron chi connectivity index (χ3n) is 4.99. The number of amides is 1. The molecular formula is C22H22N4O7. The number of para-hydroxylation sites is 2. The van der Waals surface area contributed by atoms with Crippen molar-refractivity contribution in [2.24, 2.45) is 0 Å². The van der Waals surface area contributed by atoms with Crippen LogP contribution in [0.1, 0.15) is 35.3 Å². The second-order valence-electron chi connectivity index (χ2n) is 7.17. The molecule has 4 rings (SSSR count). The Morgan fingerprint density at radius 1 is 1.21 bits per heavy atom. The van der Waals surface area contributed by atoms with Crippen LogP contribution >= 0.6 is 0 Å². The minimum Gasteiger partial charge on any atom is -0.482 e. The van der Waals surface area contributed by atoms with Gasteiger partial charge < -0.3 is 29.3 Å². The number of hydrogen-bond donors (Lipinski definition) is 1. The summed E-state index contributed by atoms with van der Waals surface area (Å²) in [5.41, 5.74) is 6.89. The van der Waals surface area contributed by atoms with Gasteiger partial charge in [-0.25, -0.2) is 9.78 Å². The van der Waals surface area contributed by atoms with Crippen molar-refractivity contribution in [1.82, 2.24) is 9.97 Å². The molecule has 2 aromatic heterocycles. The van der Waals surface area contributed by atoms with Gasteiger partial charge in [-0.15, -0.1) is 0 Å². The first kappa shape index (κ1) is 22.1. The second-order valence-corrected chi connectivity index (χ2v) is 7.17. The molecule has 0 saturated carbocycles. The maximum atomic E-state index is 12.3. The highest BCUT2D eigenvalue weighted by Gasteiger charge is 2.26. The Kier molecular flexibility index (Phi) is 6.11. The molecule has 2 N–H and O–H groups in total. The number of carbonyl (C=O) groups is 3. The molecule has 11 heteroatoms. The SMILES string of the molecule is CCOC(=O)c1c(C)oc2nc(COC(=O)CCN3C(=O)COc4ccccc43)nc(N)c12. The average molecular weight is 454 g/mol. The fraction of sp³-hybridized carbons (Fsp3) is 0.318. The Balaban J connectivity index is 1.41. The van der Waals surface area contributed by atoms with Gasteiger partial charge in [0.25, 0.3) is 5.91 Å². The molecule has 3 heterocycles. The number of fused-ring (bicyclic) bond motifs is 2. The van der Waals surface area contributed by atoms with Crippen molar-refractivity contribution in [1.29, 1.82) is 0 Å². The summed E-state index contributed by atoms with van der Waals surface area (Å²) in [6, 6.07) is 7.10. The molecule has 0 spiro atoms. The summed E-state index contributed by atoms with van der Waals surface area (Å²) in [5, 5.41) is 0.255. The van der Waals surface area contributed by atoms with Crippen LogP contribution in [0.3, 0.4) is 0 Å². The first-order chi connectivity index (χ1) is 15.9. The van der Waals surface area contributed by atoms with E-state index in [1.165, 1.54) is 4.90 Å². The number of esters is 2. The molecule has 0 atom stereocenters. The van der Waals surface area contributed by atoms with E-state index in [0.29, 0.717) is 17.2 Å². The average Bonchev–Trinajstić information content (AvgIpc) is 3.13. The molecule has 11 nitrogen and oxygen atoms in total. The predicted molar refractivity (Wildman–Crippen MR) is 116 cm³/mol. The molecule has 1 aliphatic heterocycles. The number of hydrogen-bond acceptors (Lipinski definition) is 10. The molecule has 1 amide bonds. The van der Waals surface area contributed by atoms with Gasteiger partial charge in [0, 0.05) is 6.54 Å². The summed E-state index contributed by atoms with van der Waals surface area (Å²) in [5.74, 6) is -0.354. The van der Waals surface area contributed by atoms with Crippen molar-refractivity contribution in [3.8, 4) is 5.75 Å². The lowest BCUT2D eigenvalue weighted by atomic mass is 10.2. The predicted octanol–water partition coefficient (Wildman–Crippen LogP) is 2.15. The number of rotatable bonds is 7. The first-order valence-electron chi connectivity index (χ1n) is 10.3. The summed E-state index contributed by atoms with van der Waals surface area (Å²) >= 11 is 0. The zero-order valence-corrected chi connectivity index (χ0v) is 18.1. The van der Waals surface area contributed by atoms with Crippen LogP contribution in [0, 0.1) is 6.92 Å². The highest BCUT2D eigenvalue weighted by atomic mass is 16.5. The van der Waals surface area contributed by atoms with Gasteiger partial charge in [0.2, 0.25) is 5.71 Å². The molecule has 0 aliphatic carbocycles. The van der Waals surface area contributed by atoms with Crippen molar-refractivity contribution in [3.63, 3.8) is 0 Å². The van der Waals surface area contributed by atoms with Crippen molar-refractivity contribution >= 4 is 40.5 Å². The van der Waals surface area contributed by atoms with Crippen molar-refractivity contribution in [2.75, 3.05) is 30.4 Å². The van der Waals surface area contributed by atoms with Crippen LogP contribution < -0.4 is 15.4 Å². The van der Waals surface area contributed by atoms with E-state index in [9.17, 15) is 14.4 Å². The van der Waals surface area contributed by atoms with E-state index < -0.39 is 11.9 Å². The topological polar surface area (TPSA) is 147 Å². The van der Waals surface area contributed by atoms with Gasteiger partial charge in [-0.2, -0.15) is 4.98 Å². The molecule has 0 fully saturated rings. The van der Waals surface area contributed by atoms with Gasteiger partial charge in [-0.3, -0.25) is 9.59 Å². The van der Waals surface area contributed by atoms with E-state index in [0.717, 1.165) is 0 Å². The van der Waals surface area contributed by atoms with Crippen molar-refractivity contribution in [3.05, 3.63) is 41.4 Å². The third-order valence-corrected chi connectivity index (χ3v) is 4.99. The van der Waals surface area contributed by atoms with E-state index in [1.807, 2.05) is 0 Å². The number of benzene rings is 1. The Labute approximate surface area is 188 Å². The molecule has 33 heavy (non-hydrogen) atoms. The second kappa shape index (κ2) is 9.15. The number of nitrogens with two attached hydrogens (primary N) is 1. The molecule has 172 valence electrons.